The van der Waals surface area contributed by atoms with Crippen LogP contribution in [0.1, 0.15) is 22.3 Å². The van der Waals surface area contributed by atoms with Crippen LogP contribution in [0.25, 0.3) is 0 Å². The maximum absolute atomic E-state index is 13.1. The lowest BCUT2D eigenvalue weighted by Crippen LogP contribution is -2.44. The molecule has 2 N–H and O–H groups in total. The van der Waals surface area contributed by atoms with Gasteiger partial charge in [0.05, 0.1) is 17.8 Å². The number of halogens is 1. The highest BCUT2D eigenvalue weighted by molar-refractivity contribution is 8.15. The summed E-state index contributed by atoms with van der Waals surface area (Å²) in [6, 6.07) is 22.4. The van der Waals surface area contributed by atoms with Crippen molar-refractivity contribution in [1.29, 1.82) is 0 Å². The van der Waals surface area contributed by atoms with E-state index in [2.05, 4.69) is 10.3 Å². The summed E-state index contributed by atoms with van der Waals surface area (Å²) < 4.78 is 0. The van der Waals surface area contributed by atoms with Gasteiger partial charge in [0.15, 0.2) is 5.17 Å². The Morgan fingerprint density at radius 2 is 1.79 bits per heavy atom. The first-order chi connectivity index (χ1) is 16.4. The van der Waals surface area contributed by atoms with Gasteiger partial charge in [-0.2, -0.15) is 0 Å². The highest BCUT2D eigenvalue weighted by Crippen LogP contribution is 2.31. The van der Waals surface area contributed by atoms with Crippen molar-refractivity contribution >= 4 is 57.7 Å². The molecule has 0 radical (unpaired) electrons. The number of para-hydroxylation sites is 1. The third kappa shape index (κ3) is 5.84. The van der Waals surface area contributed by atoms with Gasteiger partial charge in [0, 0.05) is 17.1 Å². The zero-order chi connectivity index (χ0) is 24.1. The molecular formula is C25H20ClN3O4S. The van der Waals surface area contributed by atoms with Gasteiger partial charge in [0.2, 0.25) is 11.8 Å². The first-order valence-corrected chi connectivity index (χ1v) is 11.6. The lowest BCUT2D eigenvalue weighted by molar-refractivity contribution is -0.129. The van der Waals surface area contributed by atoms with Gasteiger partial charge in [-0.1, -0.05) is 59.8 Å². The fourth-order valence-corrected chi connectivity index (χ4v) is 4.56. The molecule has 1 saturated heterocycles. The highest BCUT2D eigenvalue weighted by atomic mass is 35.5. The second-order valence-electron chi connectivity index (χ2n) is 7.52. The largest absolute Gasteiger partial charge is 0.478 e. The molecule has 1 fully saturated rings. The van der Waals surface area contributed by atoms with Crippen molar-refractivity contribution in [3.63, 3.8) is 0 Å². The Hall–Kier alpha value is -3.62. The summed E-state index contributed by atoms with van der Waals surface area (Å²) >= 11 is 7.18. The molecule has 1 unspecified atom stereocenters. The normalized spacial score (nSPS) is 17.0. The Kier molecular flexibility index (Phi) is 7.30. The van der Waals surface area contributed by atoms with Gasteiger partial charge in [-0.25, -0.2) is 9.79 Å². The van der Waals surface area contributed by atoms with Crippen LogP contribution in [0.3, 0.4) is 0 Å². The molecule has 172 valence electrons. The molecule has 1 atom stereocenters. The first-order valence-electron chi connectivity index (χ1n) is 10.4. The minimum absolute atomic E-state index is 0.0173. The summed E-state index contributed by atoms with van der Waals surface area (Å²) in [4.78, 5) is 43.5. The van der Waals surface area contributed by atoms with E-state index in [1.807, 2.05) is 42.5 Å². The Morgan fingerprint density at radius 1 is 1.06 bits per heavy atom. The Morgan fingerprint density at radius 3 is 2.50 bits per heavy atom. The van der Waals surface area contributed by atoms with E-state index in [0.717, 1.165) is 5.56 Å². The number of carboxylic acid groups (broad SMARTS) is 1. The summed E-state index contributed by atoms with van der Waals surface area (Å²) in [5.41, 5.74) is 1.95. The van der Waals surface area contributed by atoms with Gasteiger partial charge in [-0.3, -0.25) is 14.5 Å². The third-order valence-corrected chi connectivity index (χ3v) is 6.48. The number of hydrogen-bond acceptors (Lipinski definition) is 5. The minimum Gasteiger partial charge on any atom is -0.478 e. The molecule has 0 aromatic heterocycles. The molecule has 3 aromatic carbocycles. The van der Waals surface area contributed by atoms with Crippen LogP contribution in [0.4, 0.5) is 11.4 Å². The number of carboxylic acids is 1. The maximum atomic E-state index is 13.1. The van der Waals surface area contributed by atoms with Gasteiger partial charge in [0.1, 0.15) is 5.25 Å². The van der Waals surface area contributed by atoms with E-state index < -0.39 is 17.1 Å². The molecule has 7 nitrogen and oxygen atoms in total. The maximum Gasteiger partial charge on any atom is 0.335 e. The Labute approximate surface area is 205 Å². The number of hydrogen-bond donors (Lipinski definition) is 2. The average molecular weight is 494 g/mol. The fourth-order valence-electron chi connectivity index (χ4n) is 3.33. The Bertz CT molecular complexity index is 1250. The number of aliphatic imine (C=N–C) groups is 1. The average Bonchev–Trinajstić information content (AvgIpc) is 2.83. The number of nitrogens with zero attached hydrogens (tertiary/aromatic N) is 2. The highest BCUT2D eigenvalue weighted by Gasteiger charge is 2.36. The molecule has 0 aliphatic carbocycles. The van der Waals surface area contributed by atoms with Gasteiger partial charge >= 0.3 is 5.97 Å². The standard InChI is InChI=1S/C25H20ClN3O4S/c26-18-11-9-16(10-12-18)15-29-22(30)14-21(34-25(29)28-19-6-2-1-3-7-19)23(31)27-20-8-4-5-17(13-20)24(32)33/h1-13,21H,14-15H2,(H,27,31)(H,32,33). The van der Waals surface area contributed by atoms with Crippen molar-refractivity contribution in [3.8, 4) is 0 Å². The molecule has 9 heteroatoms. The quantitative estimate of drug-likeness (QED) is 0.491. The summed E-state index contributed by atoms with van der Waals surface area (Å²) in [6.45, 7) is 0.295. The molecule has 3 aromatic rings. The molecular weight excluding hydrogens is 474 g/mol. The molecule has 2 amide bonds. The van der Waals surface area contributed by atoms with Crippen LogP contribution in [0.2, 0.25) is 5.02 Å². The second-order valence-corrected chi connectivity index (χ2v) is 9.13. The molecule has 4 rings (SSSR count). The van der Waals surface area contributed by atoms with Gasteiger partial charge < -0.3 is 10.4 Å². The van der Waals surface area contributed by atoms with Crippen LogP contribution in [0.5, 0.6) is 0 Å². The van der Waals surface area contributed by atoms with Crippen molar-refractivity contribution in [2.75, 3.05) is 5.32 Å². The zero-order valence-electron chi connectivity index (χ0n) is 17.8. The molecule has 0 spiro atoms. The number of aromatic carboxylic acids is 1. The number of amides is 2. The van der Waals surface area contributed by atoms with E-state index in [1.165, 1.54) is 23.9 Å². The van der Waals surface area contributed by atoms with E-state index >= 15 is 0 Å². The number of benzene rings is 3. The molecule has 0 bridgehead atoms. The second kappa shape index (κ2) is 10.5. The summed E-state index contributed by atoms with van der Waals surface area (Å²) in [6.07, 6.45) is -0.0173. The van der Waals surface area contributed by atoms with Gasteiger partial charge in [-0.05, 0) is 48.0 Å². The smallest absolute Gasteiger partial charge is 0.335 e. The van der Waals surface area contributed by atoms with Crippen molar-refractivity contribution in [2.24, 2.45) is 4.99 Å². The van der Waals surface area contributed by atoms with Crippen LogP contribution < -0.4 is 5.32 Å². The van der Waals surface area contributed by atoms with Crippen molar-refractivity contribution in [2.45, 2.75) is 18.2 Å². The molecule has 1 aliphatic heterocycles. The predicted molar refractivity (Wildman–Crippen MR) is 134 cm³/mol. The minimum atomic E-state index is -1.09. The number of carbonyl (C=O) groups excluding carboxylic acids is 2. The number of anilines is 1. The van der Waals surface area contributed by atoms with E-state index in [0.29, 0.717) is 28.1 Å². The van der Waals surface area contributed by atoms with Gasteiger partial charge in [0.25, 0.3) is 0 Å². The van der Waals surface area contributed by atoms with E-state index in [9.17, 15) is 19.5 Å². The van der Waals surface area contributed by atoms with E-state index in [1.54, 1.807) is 29.2 Å². The van der Waals surface area contributed by atoms with Gasteiger partial charge in [-0.15, -0.1) is 0 Å². The first kappa shape index (κ1) is 23.5. The zero-order valence-corrected chi connectivity index (χ0v) is 19.4. The van der Waals surface area contributed by atoms with Crippen LogP contribution in [0.15, 0.2) is 83.9 Å². The summed E-state index contributed by atoms with van der Waals surface area (Å²) in [7, 11) is 0. The molecule has 1 heterocycles. The van der Waals surface area contributed by atoms with E-state index in [4.69, 9.17) is 11.6 Å². The van der Waals surface area contributed by atoms with Crippen molar-refractivity contribution < 1.29 is 19.5 Å². The summed E-state index contributed by atoms with van der Waals surface area (Å²) in [5.74, 6) is -1.72. The number of rotatable bonds is 6. The monoisotopic (exact) mass is 493 g/mol. The molecule has 1 aliphatic rings. The van der Waals surface area contributed by atoms with Crippen LogP contribution in [-0.4, -0.2) is 38.2 Å². The SMILES string of the molecule is O=C(O)c1cccc(NC(=O)C2CC(=O)N(Cc3ccc(Cl)cc3)C(=Nc3ccccc3)S2)c1. The molecule has 0 saturated carbocycles. The predicted octanol–water partition coefficient (Wildman–Crippen LogP) is 5.20. The topological polar surface area (TPSA) is 99.1 Å². The molecule has 34 heavy (non-hydrogen) atoms. The Balaban J connectivity index is 1.57. The lowest BCUT2D eigenvalue weighted by Gasteiger charge is -2.32. The third-order valence-electron chi connectivity index (χ3n) is 5.04. The van der Waals surface area contributed by atoms with E-state index in [-0.39, 0.29) is 17.9 Å². The van der Waals surface area contributed by atoms with Crippen LogP contribution >= 0.6 is 23.4 Å². The number of amidine groups is 1. The number of nitrogens with one attached hydrogen (secondary N) is 1. The summed E-state index contributed by atoms with van der Waals surface area (Å²) in [5, 5.41) is 12.2. The fraction of sp³-hybridized carbons (Fsp3) is 0.120. The van der Waals surface area contributed by atoms with Crippen LogP contribution in [0, 0.1) is 0 Å². The number of carbonyl (C=O) groups is 3. The lowest BCUT2D eigenvalue weighted by atomic mass is 10.1. The van der Waals surface area contributed by atoms with Crippen molar-refractivity contribution in [1.82, 2.24) is 4.90 Å². The number of thioether (sulfide) groups is 1. The van der Waals surface area contributed by atoms with Crippen molar-refractivity contribution in [3.05, 3.63) is 95.0 Å². The van der Waals surface area contributed by atoms with Crippen LogP contribution in [-0.2, 0) is 16.1 Å².